The summed E-state index contributed by atoms with van der Waals surface area (Å²) in [6.45, 7) is 4.82. The van der Waals surface area contributed by atoms with E-state index in [2.05, 4.69) is 36.1 Å². The Morgan fingerprint density at radius 2 is 1.73 bits per heavy atom. The Labute approximate surface area is 197 Å². The van der Waals surface area contributed by atoms with E-state index < -0.39 is 5.97 Å². The number of nitrogens with zero attached hydrogens (tertiary/aromatic N) is 2. The van der Waals surface area contributed by atoms with E-state index in [0.717, 1.165) is 55.7 Å². The maximum absolute atomic E-state index is 13.2. The summed E-state index contributed by atoms with van der Waals surface area (Å²) in [6.07, 6.45) is 8.75. The van der Waals surface area contributed by atoms with E-state index in [1.807, 2.05) is 23.1 Å². The molecule has 0 atom stereocenters. The maximum atomic E-state index is 13.2. The van der Waals surface area contributed by atoms with Crippen LogP contribution >= 0.6 is 0 Å². The number of carbonyl (C=O) groups is 2. The Hall–Kier alpha value is -2.82. The second-order valence-corrected chi connectivity index (χ2v) is 9.47. The number of aryl methyl sites for hydroxylation is 1. The summed E-state index contributed by atoms with van der Waals surface area (Å²) in [5.41, 5.74) is 5.48. The van der Waals surface area contributed by atoms with Crippen molar-refractivity contribution in [3.8, 4) is 0 Å². The monoisotopic (exact) mass is 448 g/mol. The van der Waals surface area contributed by atoms with Crippen LogP contribution in [-0.2, 0) is 11.2 Å². The number of hydrogen-bond acceptors (Lipinski definition) is 3. The molecule has 4 rings (SSSR count). The second-order valence-electron chi connectivity index (χ2n) is 9.47. The molecule has 0 bridgehead atoms. The Bertz CT molecular complexity index is 960. The molecule has 176 valence electrons. The van der Waals surface area contributed by atoms with Gasteiger partial charge in [0.25, 0.3) is 5.91 Å². The minimum Gasteiger partial charge on any atom is -0.481 e. The minimum atomic E-state index is -0.768. The van der Waals surface area contributed by atoms with Gasteiger partial charge in [0.1, 0.15) is 0 Å². The summed E-state index contributed by atoms with van der Waals surface area (Å²) in [5.74, 6) is -0.0778. The lowest BCUT2D eigenvalue weighted by Crippen LogP contribution is -2.35. The fraction of sp³-hybridized carbons (Fsp3) is 0.500. The van der Waals surface area contributed by atoms with Gasteiger partial charge in [0.05, 0.1) is 0 Å². The fourth-order valence-electron chi connectivity index (χ4n) is 4.97. The molecule has 2 aliphatic rings. The van der Waals surface area contributed by atoms with Gasteiger partial charge in [0.2, 0.25) is 0 Å². The summed E-state index contributed by atoms with van der Waals surface area (Å²) in [7, 11) is 0. The summed E-state index contributed by atoms with van der Waals surface area (Å²) >= 11 is 0. The molecule has 1 amide bonds. The topological polar surface area (TPSA) is 60.9 Å². The molecular formula is C28H36N2O3. The van der Waals surface area contributed by atoms with Gasteiger partial charge in [-0.3, -0.25) is 9.59 Å². The summed E-state index contributed by atoms with van der Waals surface area (Å²) in [6, 6.07) is 14.6. The number of aliphatic carboxylic acids is 1. The molecule has 1 saturated heterocycles. The number of carboxylic acids is 1. The number of anilines is 2. The van der Waals surface area contributed by atoms with Crippen molar-refractivity contribution in [1.82, 2.24) is 4.90 Å². The van der Waals surface area contributed by atoms with E-state index in [-0.39, 0.29) is 12.3 Å². The first kappa shape index (κ1) is 23.3. The van der Waals surface area contributed by atoms with Crippen LogP contribution in [0.15, 0.2) is 42.5 Å². The largest absolute Gasteiger partial charge is 0.481 e. The van der Waals surface area contributed by atoms with Gasteiger partial charge in [-0.25, -0.2) is 0 Å². The van der Waals surface area contributed by atoms with Crippen LogP contribution in [0.1, 0.15) is 85.7 Å². The van der Waals surface area contributed by atoms with Crippen LogP contribution in [-0.4, -0.2) is 41.5 Å². The number of hydrogen-bond donors (Lipinski definition) is 1. The lowest BCUT2D eigenvalue weighted by molar-refractivity contribution is -0.136. The molecule has 5 nitrogen and oxygen atoms in total. The zero-order chi connectivity index (χ0) is 23.2. The number of rotatable bonds is 9. The number of piperidine rings is 1. The Morgan fingerprint density at radius 1 is 1.00 bits per heavy atom. The third kappa shape index (κ3) is 5.58. The molecule has 1 aliphatic carbocycles. The molecule has 0 aromatic heterocycles. The molecule has 1 saturated carbocycles. The standard InChI is InChI=1S/C28H36N2O3/c1-2-17-30(24-13-9-21(10-14-24)11-16-27(31)32)26-15-12-23(20-25(26)22-7-6-8-22)28(33)29-18-4-3-5-19-29/h9-10,12-15,20,22H,2-8,11,16-19H2,1H3,(H,31,32). The van der Waals surface area contributed by atoms with E-state index in [1.165, 1.54) is 36.9 Å². The average Bonchev–Trinajstić information content (AvgIpc) is 2.81. The Morgan fingerprint density at radius 3 is 2.33 bits per heavy atom. The highest BCUT2D eigenvalue weighted by atomic mass is 16.4. The average molecular weight is 449 g/mol. The molecule has 1 N–H and O–H groups in total. The molecule has 2 aromatic rings. The van der Waals surface area contributed by atoms with Gasteiger partial charge in [-0.1, -0.05) is 25.5 Å². The third-order valence-corrected chi connectivity index (χ3v) is 7.08. The zero-order valence-electron chi connectivity index (χ0n) is 19.8. The van der Waals surface area contributed by atoms with E-state index >= 15 is 0 Å². The van der Waals surface area contributed by atoms with Crippen LogP contribution in [0.3, 0.4) is 0 Å². The van der Waals surface area contributed by atoms with Crippen LogP contribution in [0.4, 0.5) is 11.4 Å². The van der Waals surface area contributed by atoms with Gasteiger partial charge >= 0.3 is 5.97 Å². The van der Waals surface area contributed by atoms with Crippen molar-refractivity contribution in [2.24, 2.45) is 0 Å². The van der Waals surface area contributed by atoms with Crippen LogP contribution in [0.25, 0.3) is 0 Å². The predicted molar refractivity (Wildman–Crippen MR) is 132 cm³/mol. The quantitative estimate of drug-likeness (QED) is 0.500. The molecule has 0 unspecified atom stereocenters. The molecule has 33 heavy (non-hydrogen) atoms. The lowest BCUT2D eigenvalue weighted by atomic mass is 9.78. The van der Waals surface area contributed by atoms with Crippen LogP contribution < -0.4 is 4.90 Å². The van der Waals surface area contributed by atoms with Gasteiger partial charge in [-0.2, -0.15) is 0 Å². The van der Waals surface area contributed by atoms with Crippen molar-refractivity contribution < 1.29 is 14.7 Å². The Balaban J connectivity index is 1.62. The molecule has 1 aliphatic heterocycles. The van der Waals surface area contributed by atoms with Crippen molar-refractivity contribution in [2.75, 3.05) is 24.5 Å². The number of likely N-dealkylation sites (tertiary alicyclic amines) is 1. The molecular weight excluding hydrogens is 412 g/mol. The van der Waals surface area contributed by atoms with E-state index in [9.17, 15) is 9.59 Å². The van der Waals surface area contributed by atoms with Crippen molar-refractivity contribution in [3.63, 3.8) is 0 Å². The molecule has 0 spiro atoms. The predicted octanol–water partition coefficient (Wildman–Crippen LogP) is 6.15. The second kappa shape index (κ2) is 10.9. The van der Waals surface area contributed by atoms with Crippen LogP contribution in [0, 0.1) is 0 Å². The van der Waals surface area contributed by atoms with Gasteiger partial charge in [-0.15, -0.1) is 0 Å². The van der Waals surface area contributed by atoms with Crippen molar-refractivity contribution in [3.05, 3.63) is 59.2 Å². The molecule has 2 fully saturated rings. The van der Waals surface area contributed by atoms with E-state index in [0.29, 0.717) is 12.3 Å². The van der Waals surface area contributed by atoms with Crippen LogP contribution in [0.2, 0.25) is 0 Å². The molecule has 0 radical (unpaired) electrons. The van der Waals surface area contributed by atoms with E-state index in [1.54, 1.807) is 0 Å². The number of benzene rings is 2. The summed E-state index contributed by atoms with van der Waals surface area (Å²) in [5, 5.41) is 8.96. The fourth-order valence-corrected chi connectivity index (χ4v) is 4.97. The highest BCUT2D eigenvalue weighted by Crippen LogP contribution is 2.43. The summed E-state index contributed by atoms with van der Waals surface area (Å²) < 4.78 is 0. The molecule has 2 aromatic carbocycles. The molecule has 5 heteroatoms. The SMILES string of the molecule is CCCN(c1ccc(CCC(=O)O)cc1)c1ccc(C(=O)N2CCCCC2)cc1C1CCC1. The van der Waals surface area contributed by atoms with Crippen molar-refractivity contribution in [1.29, 1.82) is 0 Å². The highest BCUT2D eigenvalue weighted by Gasteiger charge is 2.27. The maximum Gasteiger partial charge on any atom is 0.303 e. The summed E-state index contributed by atoms with van der Waals surface area (Å²) in [4.78, 5) is 28.5. The van der Waals surface area contributed by atoms with Crippen molar-refractivity contribution in [2.45, 2.75) is 70.6 Å². The number of carbonyl (C=O) groups excluding carboxylic acids is 1. The lowest BCUT2D eigenvalue weighted by Gasteiger charge is -2.34. The van der Waals surface area contributed by atoms with Gasteiger partial charge < -0.3 is 14.9 Å². The number of carboxylic acid groups (broad SMARTS) is 1. The number of amides is 1. The first-order valence-corrected chi connectivity index (χ1v) is 12.6. The third-order valence-electron chi connectivity index (χ3n) is 7.08. The van der Waals surface area contributed by atoms with Gasteiger partial charge in [0, 0.05) is 43.0 Å². The molecule has 1 heterocycles. The first-order chi connectivity index (χ1) is 16.1. The van der Waals surface area contributed by atoms with Crippen LogP contribution in [0.5, 0.6) is 0 Å². The van der Waals surface area contributed by atoms with Crippen molar-refractivity contribution >= 4 is 23.3 Å². The highest BCUT2D eigenvalue weighted by molar-refractivity contribution is 5.95. The van der Waals surface area contributed by atoms with Gasteiger partial charge in [0.15, 0.2) is 0 Å². The zero-order valence-corrected chi connectivity index (χ0v) is 19.8. The smallest absolute Gasteiger partial charge is 0.303 e. The normalized spacial score (nSPS) is 16.3. The van der Waals surface area contributed by atoms with E-state index in [4.69, 9.17) is 5.11 Å². The Kier molecular flexibility index (Phi) is 7.69. The van der Waals surface area contributed by atoms with Gasteiger partial charge in [-0.05, 0) is 92.3 Å². The minimum absolute atomic E-state index is 0.149. The first-order valence-electron chi connectivity index (χ1n) is 12.6.